The van der Waals surface area contributed by atoms with Crippen LogP contribution in [0.1, 0.15) is 28.4 Å². The van der Waals surface area contributed by atoms with Gasteiger partial charge >= 0.3 is 0 Å². The van der Waals surface area contributed by atoms with Gasteiger partial charge in [-0.2, -0.15) is 0 Å². The van der Waals surface area contributed by atoms with Crippen LogP contribution >= 0.6 is 11.3 Å². The molecule has 2 amide bonds. The SMILES string of the molecule is O=C(NCC1CCN(C(=O)C=Cc2ccco2)CC1)c1nc2ccccc2s1. The molecule has 6 nitrogen and oxygen atoms in total. The molecule has 1 saturated heterocycles. The largest absolute Gasteiger partial charge is 0.465 e. The third kappa shape index (κ3) is 4.31. The smallest absolute Gasteiger partial charge is 0.280 e. The summed E-state index contributed by atoms with van der Waals surface area (Å²) in [5, 5.41) is 3.49. The Bertz CT molecular complexity index is 952. The van der Waals surface area contributed by atoms with Gasteiger partial charge in [-0.1, -0.05) is 12.1 Å². The fourth-order valence-electron chi connectivity index (χ4n) is 3.28. The topological polar surface area (TPSA) is 75.4 Å². The summed E-state index contributed by atoms with van der Waals surface area (Å²) in [6, 6.07) is 11.3. The highest BCUT2D eigenvalue weighted by Gasteiger charge is 2.22. The monoisotopic (exact) mass is 395 g/mol. The molecule has 0 radical (unpaired) electrons. The second-order valence-corrected chi connectivity index (χ2v) is 7.84. The van der Waals surface area contributed by atoms with Gasteiger partial charge in [0, 0.05) is 25.7 Å². The van der Waals surface area contributed by atoms with Crippen molar-refractivity contribution in [2.75, 3.05) is 19.6 Å². The van der Waals surface area contributed by atoms with Crippen molar-refractivity contribution >= 4 is 39.4 Å². The lowest BCUT2D eigenvalue weighted by atomic mass is 9.96. The first-order valence-corrected chi connectivity index (χ1v) is 10.1. The Morgan fingerprint density at radius 2 is 2.04 bits per heavy atom. The molecule has 2 aromatic heterocycles. The predicted octanol–water partition coefficient (Wildman–Crippen LogP) is 3.57. The summed E-state index contributed by atoms with van der Waals surface area (Å²) in [6.45, 7) is 2.00. The van der Waals surface area contributed by atoms with Crippen LogP contribution in [-0.2, 0) is 4.79 Å². The van der Waals surface area contributed by atoms with E-state index in [1.165, 1.54) is 11.3 Å². The molecule has 1 aliphatic rings. The number of hydrogen-bond acceptors (Lipinski definition) is 5. The van der Waals surface area contributed by atoms with Crippen LogP contribution in [0, 0.1) is 5.92 Å². The average molecular weight is 395 g/mol. The van der Waals surface area contributed by atoms with Crippen molar-refractivity contribution in [1.82, 2.24) is 15.2 Å². The van der Waals surface area contributed by atoms with Gasteiger partial charge in [-0.15, -0.1) is 11.3 Å². The Kier molecular flexibility index (Phi) is 5.53. The minimum absolute atomic E-state index is 0.00615. The van der Waals surface area contributed by atoms with Crippen LogP contribution in [-0.4, -0.2) is 41.3 Å². The van der Waals surface area contributed by atoms with Gasteiger partial charge in [-0.3, -0.25) is 9.59 Å². The zero-order valence-electron chi connectivity index (χ0n) is 15.3. The lowest BCUT2D eigenvalue weighted by molar-refractivity contribution is -0.127. The zero-order chi connectivity index (χ0) is 19.3. The maximum atomic E-state index is 12.4. The van der Waals surface area contributed by atoms with E-state index in [-0.39, 0.29) is 11.8 Å². The molecule has 28 heavy (non-hydrogen) atoms. The molecule has 144 valence electrons. The number of amides is 2. The summed E-state index contributed by atoms with van der Waals surface area (Å²) < 4.78 is 6.21. The highest BCUT2D eigenvalue weighted by atomic mass is 32.1. The van der Waals surface area contributed by atoms with Gasteiger partial charge in [-0.05, 0) is 49.1 Å². The number of aromatic nitrogens is 1. The van der Waals surface area contributed by atoms with Gasteiger partial charge in [-0.25, -0.2) is 4.98 Å². The van der Waals surface area contributed by atoms with E-state index in [0.717, 1.165) is 23.1 Å². The van der Waals surface area contributed by atoms with Crippen molar-refractivity contribution < 1.29 is 14.0 Å². The lowest BCUT2D eigenvalue weighted by Crippen LogP contribution is -2.40. The number of piperidine rings is 1. The number of fused-ring (bicyclic) bond motifs is 1. The molecule has 0 unspecified atom stereocenters. The number of carbonyl (C=O) groups is 2. The Hall–Kier alpha value is -2.93. The van der Waals surface area contributed by atoms with Crippen LogP contribution in [0.3, 0.4) is 0 Å². The van der Waals surface area contributed by atoms with Gasteiger partial charge in [0.1, 0.15) is 5.76 Å². The first-order valence-electron chi connectivity index (χ1n) is 9.33. The van der Waals surface area contributed by atoms with Crippen molar-refractivity contribution in [2.45, 2.75) is 12.8 Å². The van der Waals surface area contributed by atoms with Crippen molar-refractivity contribution in [2.24, 2.45) is 5.92 Å². The third-order valence-electron chi connectivity index (χ3n) is 4.90. The fraction of sp³-hybridized carbons (Fsp3) is 0.286. The summed E-state index contributed by atoms with van der Waals surface area (Å²) in [7, 11) is 0. The number of furan rings is 1. The highest BCUT2D eigenvalue weighted by molar-refractivity contribution is 7.20. The summed E-state index contributed by atoms with van der Waals surface area (Å²) in [5.74, 6) is 0.909. The minimum Gasteiger partial charge on any atom is -0.465 e. The summed E-state index contributed by atoms with van der Waals surface area (Å²) in [6.07, 6.45) is 6.57. The van der Waals surface area contributed by atoms with E-state index in [4.69, 9.17) is 4.42 Å². The van der Waals surface area contributed by atoms with Crippen molar-refractivity contribution in [3.63, 3.8) is 0 Å². The Morgan fingerprint density at radius 1 is 1.21 bits per heavy atom. The van der Waals surface area contributed by atoms with Crippen LogP contribution in [0.5, 0.6) is 0 Å². The summed E-state index contributed by atoms with van der Waals surface area (Å²) in [5.41, 5.74) is 0.854. The molecule has 3 aromatic rings. The van der Waals surface area contributed by atoms with Crippen molar-refractivity contribution in [1.29, 1.82) is 0 Å². The second kappa shape index (κ2) is 8.39. The zero-order valence-corrected chi connectivity index (χ0v) is 16.2. The van der Waals surface area contributed by atoms with E-state index in [0.29, 0.717) is 36.3 Å². The van der Waals surface area contributed by atoms with Crippen molar-refractivity contribution in [3.05, 3.63) is 59.5 Å². The van der Waals surface area contributed by atoms with E-state index in [2.05, 4.69) is 10.3 Å². The van der Waals surface area contributed by atoms with Crippen LogP contribution in [0.15, 0.2) is 53.2 Å². The van der Waals surface area contributed by atoms with E-state index >= 15 is 0 Å². The van der Waals surface area contributed by atoms with Gasteiger partial charge in [0.15, 0.2) is 5.01 Å². The van der Waals surface area contributed by atoms with E-state index in [1.807, 2.05) is 35.2 Å². The van der Waals surface area contributed by atoms with Gasteiger partial charge in [0.25, 0.3) is 5.91 Å². The Balaban J connectivity index is 1.24. The highest BCUT2D eigenvalue weighted by Crippen LogP contribution is 2.22. The number of thiazole rings is 1. The van der Waals surface area contributed by atoms with E-state index in [9.17, 15) is 9.59 Å². The van der Waals surface area contributed by atoms with Crippen LogP contribution in [0.25, 0.3) is 16.3 Å². The first-order chi connectivity index (χ1) is 13.7. The molecular weight excluding hydrogens is 374 g/mol. The molecule has 0 bridgehead atoms. The number of nitrogens with one attached hydrogen (secondary N) is 1. The minimum atomic E-state index is -0.124. The normalized spacial score (nSPS) is 15.4. The predicted molar refractivity (Wildman–Crippen MR) is 109 cm³/mol. The van der Waals surface area contributed by atoms with Crippen LogP contribution < -0.4 is 5.32 Å². The van der Waals surface area contributed by atoms with Gasteiger partial charge < -0.3 is 14.6 Å². The Morgan fingerprint density at radius 3 is 2.79 bits per heavy atom. The number of likely N-dealkylation sites (tertiary alicyclic amines) is 1. The van der Waals surface area contributed by atoms with Crippen LogP contribution in [0.4, 0.5) is 0 Å². The standard InChI is InChI=1S/C21H21N3O3S/c25-19(8-7-16-4-3-13-27-16)24-11-9-15(10-12-24)14-22-20(26)21-23-17-5-1-2-6-18(17)28-21/h1-8,13,15H,9-12,14H2,(H,22,26). The summed E-state index contributed by atoms with van der Waals surface area (Å²) in [4.78, 5) is 30.9. The first kappa shape index (κ1) is 18.4. The van der Waals surface area contributed by atoms with Crippen molar-refractivity contribution in [3.8, 4) is 0 Å². The molecule has 1 fully saturated rings. The molecule has 3 heterocycles. The molecule has 0 aliphatic carbocycles. The van der Waals surface area contributed by atoms with Gasteiger partial charge in [0.05, 0.1) is 16.5 Å². The lowest BCUT2D eigenvalue weighted by Gasteiger charge is -2.31. The quantitative estimate of drug-likeness (QED) is 0.670. The summed E-state index contributed by atoms with van der Waals surface area (Å²) >= 11 is 1.41. The number of hydrogen-bond donors (Lipinski definition) is 1. The molecule has 1 N–H and O–H groups in total. The number of carbonyl (C=O) groups excluding carboxylic acids is 2. The third-order valence-corrected chi connectivity index (χ3v) is 5.93. The maximum absolute atomic E-state index is 12.4. The number of nitrogens with zero attached hydrogens (tertiary/aromatic N) is 2. The average Bonchev–Trinajstić information content (AvgIpc) is 3.40. The molecule has 7 heteroatoms. The Labute approximate surface area is 166 Å². The molecule has 0 saturated carbocycles. The van der Waals surface area contributed by atoms with E-state index in [1.54, 1.807) is 24.5 Å². The number of benzene rings is 1. The van der Waals surface area contributed by atoms with E-state index < -0.39 is 0 Å². The molecule has 1 aromatic carbocycles. The fourth-order valence-corrected chi connectivity index (χ4v) is 4.17. The molecular formula is C21H21N3O3S. The maximum Gasteiger partial charge on any atom is 0.280 e. The number of para-hydroxylation sites is 1. The molecule has 4 rings (SSSR count). The number of rotatable bonds is 5. The molecule has 1 aliphatic heterocycles. The molecule has 0 atom stereocenters. The van der Waals surface area contributed by atoms with Gasteiger partial charge in [0.2, 0.25) is 5.91 Å². The molecule has 0 spiro atoms. The van der Waals surface area contributed by atoms with Crippen LogP contribution in [0.2, 0.25) is 0 Å². The second-order valence-electron chi connectivity index (χ2n) is 6.81.